The van der Waals surface area contributed by atoms with E-state index in [4.69, 9.17) is 9.97 Å². The van der Waals surface area contributed by atoms with Crippen molar-refractivity contribution in [1.29, 1.82) is 0 Å². The summed E-state index contributed by atoms with van der Waals surface area (Å²) in [7, 11) is 0. The molecule has 2 aliphatic rings. The van der Waals surface area contributed by atoms with E-state index >= 15 is 0 Å². The molecule has 0 unspecified atom stereocenters. The first-order chi connectivity index (χ1) is 12.7. The van der Waals surface area contributed by atoms with Crippen molar-refractivity contribution in [3.63, 3.8) is 0 Å². The van der Waals surface area contributed by atoms with Crippen LogP contribution in [0, 0.1) is 6.92 Å². The maximum atomic E-state index is 4.87. The molecule has 4 rings (SSSR count). The maximum Gasteiger partial charge on any atom is 0.137 e. The molecule has 1 aromatic carbocycles. The van der Waals surface area contributed by atoms with Gasteiger partial charge in [-0.25, -0.2) is 9.97 Å². The van der Waals surface area contributed by atoms with Crippen LogP contribution in [0.1, 0.15) is 29.6 Å². The summed E-state index contributed by atoms with van der Waals surface area (Å²) < 4.78 is 0. The van der Waals surface area contributed by atoms with Gasteiger partial charge in [0.1, 0.15) is 11.6 Å². The van der Waals surface area contributed by atoms with Crippen molar-refractivity contribution in [3.05, 3.63) is 53.0 Å². The van der Waals surface area contributed by atoms with E-state index in [1.165, 1.54) is 22.6 Å². The van der Waals surface area contributed by atoms with Gasteiger partial charge < -0.3 is 9.80 Å². The van der Waals surface area contributed by atoms with Crippen molar-refractivity contribution >= 4 is 5.82 Å². The van der Waals surface area contributed by atoms with Gasteiger partial charge in [-0.1, -0.05) is 37.3 Å². The largest absolute Gasteiger partial charge is 0.354 e. The average molecular weight is 351 g/mol. The third-order valence-corrected chi connectivity index (χ3v) is 5.60. The standard InChI is InChI=1S/C21H29N5/c1-3-24-11-13-26(14-12-24)21-19-16-25(15-18-7-5-4-6-8-18)10-9-20(19)22-17(2)23-21/h4-8H,3,9-16H2,1-2H3. The second-order valence-electron chi connectivity index (χ2n) is 7.39. The molecule has 0 radical (unpaired) electrons. The SMILES string of the molecule is CCN1CCN(c2nc(C)nc3c2CN(Cc2ccccc2)CC3)CC1. The third kappa shape index (κ3) is 3.74. The van der Waals surface area contributed by atoms with Crippen LogP contribution in [0.5, 0.6) is 0 Å². The van der Waals surface area contributed by atoms with Gasteiger partial charge in [0.25, 0.3) is 0 Å². The van der Waals surface area contributed by atoms with E-state index in [9.17, 15) is 0 Å². The van der Waals surface area contributed by atoms with E-state index < -0.39 is 0 Å². The number of hydrogen-bond donors (Lipinski definition) is 0. The fraction of sp³-hybridized carbons (Fsp3) is 0.524. The summed E-state index contributed by atoms with van der Waals surface area (Å²) in [4.78, 5) is 17.2. The fourth-order valence-electron chi connectivity index (χ4n) is 4.09. The number of likely N-dealkylation sites (N-methyl/N-ethyl adjacent to an activating group) is 1. The van der Waals surface area contributed by atoms with Crippen LogP contribution in [0.4, 0.5) is 5.82 Å². The van der Waals surface area contributed by atoms with Gasteiger partial charge in [-0.15, -0.1) is 0 Å². The number of anilines is 1. The Morgan fingerprint density at radius 2 is 1.69 bits per heavy atom. The van der Waals surface area contributed by atoms with Crippen LogP contribution >= 0.6 is 0 Å². The predicted molar refractivity (Wildman–Crippen MR) is 105 cm³/mol. The van der Waals surface area contributed by atoms with Gasteiger partial charge in [-0.2, -0.15) is 0 Å². The summed E-state index contributed by atoms with van der Waals surface area (Å²) in [5.74, 6) is 2.09. The quantitative estimate of drug-likeness (QED) is 0.846. The highest BCUT2D eigenvalue weighted by Gasteiger charge is 2.26. The first-order valence-corrected chi connectivity index (χ1v) is 9.83. The predicted octanol–water partition coefficient (Wildman–Crippen LogP) is 2.49. The number of aryl methyl sites for hydroxylation is 1. The Balaban J connectivity index is 1.55. The smallest absolute Gasteiger partial charge is 0.137 e. The Morgan fingerprint density at radius 3 is 2.42 bits per heavy atom. The van der Waals surface area contributed by atoms with Crippen LogP contribution in [0.25, 0.3) is 0 Å². The number of hydrogen-bond acceptors (Lipinski definition) is 5. The molecule has 5 heteroatoms. The highest BCUT2D eigenvalue weighted by atomic mass is 15.3. The van der Waals surface area contributed by atoms with Crippen molar-refractivity contribution in [1.82, 2.24) is 19.8 Å². The molecule has 1 aromatic heterocycles. The van der Waals surface area contributed by atoms with Crippen molar-refractivity contribution in [2.24, 2.45) is 0 Å². The number of rotatable bonds is 4. The van der Waals surface area contributed by atoms with Crippen molar-refractivity contribution < 1.29 is 0 Å². The Morgan fingerprint density at radius 1 is 0.923 bits per heavy atom. The Hall–Kier alpha value is -1.98. The number of benzene rings is 1. The van der Waals surface area contributed by atoms with Gasteiger partial charge >= 0.3 is 0 Å². The fourth-order valence-corrected chi connectivity index (χ4v) is 4.09. The number of fused-ring (bicyclic) bond motifs is 1. The number of aromatic nitrogens is 2. The zero-order chi connectivity index (χ0) is 17.9. The molecule has 26 heavy (non-hydrogen) atoms. The lowest BCUT2D eigenvalue weighted by Gasteiger charge is -2.37. The Bertz CT molecular complexity index is 738. The molecule has 2 aromatic rings. The molecule has 0 spiro atoms. The van der Waals surface area contributed by atoms with Crippen LogP contribution in [0.15, 0.2) is 30.3 Å². The monoisotopic (exact) mass is 351 g/mol. The summed E-state index contributed by atoms with van der Waals surface area (Å²) in [5.41, 5.74) is 3.99. The molecule has 138 valence electrons. The molecule has 5 nitrogen and oxygen atoms in total. The van der Waals surface area contributed by atoms with Crippen LogP contribution in [0.3, 0.4) is 0 Å². The minimum atomic E-state index is 0.910. The summed E-state index contributed by atoms with van der Waals surface area (Å²) in [5, 5.41) is 0. The average Bonchev–Trinajstić information content (AvgIpc) is 2.68. The zero-order valence-electron chi connectivity index (χ0n) is 16.0. The topological polar surface area (TPSA) is 35.5 Å². The molecule has 3 heterocycles. The van der Waals surface area contributed by atoms with E-state index in [-0.39, 0.29) is 0 Å². The minimum Gasteiger partial charge on any atom is -0.354 e. The molecule has 2 aliphatic heterocycles. The molecular formula is C21H29N5. The Kier molecular flexibility index (Phi) is 5.18. The van der Waals surface area contributed by atoms with Crippen molar-refractivity contribution in [2.75, 3.05) is 44.2 Å². The lowest BCUT2D eigenvalue weighted by molar-refractivity contribution is 0.241. The molecule has 0 aliphatic carbocycles. The van der Waals surface area contributed by atoms with E-state index in [1.807, 2.05) is 6.92 Å². The first kappa shape index (κ1) is 17.4. The molecule has 0 N–H and O–H groups in total. The summed E-state index contributed by atoms with van der Waals surface area (Å²) in [6.45, 7) is 12.8. The summed E-state index contributed by atoms with van der Waals surface area (Å²) in [6, 6.07) is 10.8. The van der Waals surface area contributed by atoms with E-state index in [1.54, 1.807) is 0 Å². The lowest BCUT2D eigenvalue weighted by Crippen LogP contribution is -2.47. The van der Waals surface area contributed by atoms with Gasteiger partial charge in [0.05, 0.1) is 5.69 Å². The molecule has 0 bridgehead atoms. The molecule has 0 amide bonds. The van der Waals surface area contributed by atoms with Gasteiger partial charge in [-0.05, 0) is 19.0 Å². The zero-order valence-corrected chi connectivity index (χ0v) is 16.0. The van der Waals surface area contributed by atoms with Gasteiger partial charge in [-0.3, -0.25) is 4.90 Å². The van der Waals surface area contributed by atoms with Crippen LogP contribution in [-0.4, -0.2) is 59.0 Å². The molecule has 1 fully saturated rings. The molecule has 0 saturated carbocycles. The molecular weight excluding hydrogens is 322 g/mol. The van der Waals surface area contributed by atoms with E-state index in [0.29, 0.717) is 0 Å². The van der Waals surface area contributed by atoms with Gasteiger partial charge in [0.2, 0.25) is 0 Å². The summed E-state index contributed by atoms with van der Waals surface area (Å²) in [6.07, 6.45) is 1.02. The third-order valence-electron chi connectivity index (χ3n) is 5.60. The normalized spacial score (nSPS) is 18.8. The number of nitrogens with zero attached hydrogens (tertiary/aromatic N) is 5. The summed E-state index contributed by atoms with van der Waals surface area (Å²) >= 11 is 0. The van der Waals surface area contributed by atoms with Gasteiger partial charge in [0.15, 0.2) is 0 Å². The molecule has 1 saturated heterocycles. The maximum absolute atomic E-state index is 4.87. The van der Waals surface area contributed by atoms with Crippen molar-refractivity contribution in [2.45, 2.75) is 33.4 Å². The number of piperazine rings is 1. The van der Waals surface area contributed by atoms with Crippen LogP contribution < -0.4 is 4.90 Å². The van der Waals surface area contributed by atoms with E-state index in [0.717, 1.165) is 64.6 Å². The first-order valence-electron chi connectivity index (χ1n) is 9.83. The van der Waals surface area contributed by atoms with Crippen LogP contribution in [0.2, 0.25) is 0 Å². The Labute approximate surface area is 156 Å². The molecule has 0 atom stereocenters. The second-order valence-corrected chi connectivity index (χ2v) is 7.39. The van der Waals surface area contributed by atoms with E-state index in [2.05, 4.69) is 52.0 Å². The minimum absolute atomic E-state index is 0.910. The second kappa shape index (κ2) is 7.72. The van der Waals surface area contributed by atoms with Gasteiger partial charge in [0, 0.05) is 57.8 Å². The van der Waals surface area contributed by atoms with Crippen molar-refractivity contribution in [3.8, 4) is 0 Å². The highest BCUT2D eigenvalue weighted by Crippen LogP contribution is 2.28. The van der Waals surface area contributed by atoms with Crippen LogP contribution in [-0.2, 0) is 19.5 Å². The lowest BCUT2D eigenvalue weighted by atomic mass is 10.0. The highest BCUT2D eigenvalue weighted by molar-refractivity contribution is 5.50.